The van der Waals surface area contributed by atoms with Crippen molar-refractivity contribution < 1.29 is 13.2 Å². The molecule has 9 heteroatoms. The van der Waals surface area contributed by atoms with Gasteiger partial charge in [-0.15, -0.1) is 10.2 Å². The third kappa shape index (κ3) is 3.43. The Hall–Kier alpha value is -1.09. The summed E-state index contributed by atoms with van der Waals surface area (Å²) in [5.74, 6) is 0. The second-order valence-electron chi connectivity index (χ2n) is 3.80. The fraction of sp³-hybridized carbons (Fsp3) is 0.750. The highest BCUT2D eigenvalue weighted by Gasteiger charge is 2.32. The Balaban J connectivity index is 1.86. The normalized spacial score (nSPS) is 18.6. The van der Waals surface area contributed by atoms with Crippen LogP contribution in [-0.2, 0) is 0 Å². The van der Waals surface area contributed by atoms with Crippen LogP contribution in [-0.4, -0.2) is 54.0 Å². The first-order chi connectivity index (χ1) is 7.94. The molecule has 0 unspecified atom stereocenters. The van der Waals surface area contributed by atoms with Gasteiger partial charge in [-0.2, -0.15) is 13.2 Å². The average Bonchev–Trinajstić information content (AvgIpc) is 2.63. The minimum Gasteiger partial charge on any atom is -0.374 e. The third-order valence-corrected chi connectivity index (χ3v) is 3.29. The molecule has 0 atom stereocenters. The lowest BCUT2D eigenvalue weighted by Gasteiger charge is -2.34. The standard InChI is InChI=1S/C8H12F3N5S/c9-8(10,11)5-15-1-3-16(4-2-15)7-14-13-6(12)17-7/h1-5H2,(H2,12,13). The van der Waals surface area contributed by atoms with Crippen LogP contribution in [0.25, 0.3) is 0 Å². The first kappa shape index (κ1) is 12.4. The molecule has 0 radical (unpaired) electrons. The predicted octanol–water partition coefficient (Wildman–Crippen LogP) is 0.805. The number of nitrogen functional groups attached to an aromatic ring is 1. The molecule has 0 aliphatic carbocycles. The van der Waals surface area contributed by atoms with Gasteiger partial charge in [-0.3, -0.25) is 4.90 Å². The Kier molecular flexibility index (Phi) is 3.38. The molecule has 2 rings (SSSR count). The largest absolute Gasteiger partial charge is 0.401 e. The van der Waals surface area contributed by atoms with E-state index in [4.69, 9.17) is 5.73 Å². The second-order valence-corrected chi connectivity index (χ2v) is 4.79. The number of rotatable bonds is 2. The highest BCUT2D eigenvalue weighted by Crippen LogP contribution is 2.23. The third-order valence-electron chi connectivity index (χ3n) is 2.48. The molecule has 0 aromatic carbocycles. The summed E-state index contributed by atoms with van der Waals surface area (Å²) < 4.78 is 36.5. The minimum absolute atomic E-state index is 0.373. The molecule has 96 valence electrons. The highest BCUT2D eigenvalue weighted by molar-refractivity contribution is 7.18. The van der Waals surface area contributed by atoms with Gasteiger partial charge in [0.1, 0.15) is 0 Å². The summed E-state index contributed by atoms with van der Waals surface area (Å²) in [5, 5.41) is 8.60. The van der Waals surface area contributed by atoms with Gasteiger partial charge >= 0.3 is 6.18 Å². The van der Waals surface area contributed by atoms with E-state index in [0.29, 0.717) is 36.4 Å². The summed E-state index contributed by atoms with van der Waals surface area (Å²) in [6.45, 7) is 0.937. The molecule has 1 fully saturated rings. The Morgan fingerprint density at radius 1 is 1.18 bits per heavy atom. The number of hydrogen-bond donors (Lipinski definition) is 1. The molecular weight excluding hydrogens is 255 g/mol. The number of aromatic nitrogens is 2. The zero-order valence-electron chi connectivity index (χ0n) is 8.94. The molecular formula is C8H12F3N5S. The molecule has 0 saturated carbocycles. The first-order valence-corrected chi connectivity index (χ1v) is 5.89. The maximum Gasteiger partial charge on any atom is 0.401 e. The van der Waals surface area contributed by atoms with Crippen molar-refractivity contribution in [2.24, 2.45) is 0 Å². The number of anilines is 2. The summed E-state index contributed by atoms with van der Waals surface area (Å²) in [4.78, 5) is 3.29. The molecule has 1 aromatic rings. The number of alkyl halides is 3. The summed E-state index contributed by atoms with van der Waals surface area (Å²) >= 11 is 1.25. The van der Waals surface area contributed by atoms with Crippen molar-refractivity contribution in [1.82, 2.24) is 15.1 Å². The number of piperazine rings is 1. The van der Waals surface area contributed by atoms with Crippen molar-refractivity contribution in [1.29, 1.82) is 0 Å². The fourth-order valence-corrected chi connectivity index (χ4v) is 2.37. The summed E-state index contributed by atoms with van der Waals surface area (Å²) in [7, 11) is 0. The van der Waals surface area contributed by atoms with Crippen LogP contribution in [0.4, 0.5) is 23.4 Å². The molecule has 0 bridgehead atoms. The maximum absolute atomic E-state index is 12.2. The van der Waals surface area contributed by atoms with E-state index in [0.717, 1.165) is 0 Å². The average molecular weight is 267 g/mol. The molecule has 1 aliphatic heterocycles. The van der Waals surface area contributed by atoms with Crippen LogP contribution in [0.2, 0.25) is 0 Å². The molecule has 0 spiro atoms. The SMILES string of the molecule is Nc1nnc(N2CCN(CC(F)(F)F)CC2)s1. The Morgan fingerprint density at radius 2 is 1.82 bits per heavy atom. The van der Waals surface area contributed by atoms with Crippen LogP contribution in [0.1, 0.15) is 0 Å². The van der Waals surface area contributed by atoms with E-state index < -0.39 is 12.7 Å². The van der Waals surface area contributed by atoms with Crippen LogP contribution in [0.3, 0.4) is 0 Å². The Bertz CT molecular complexity index is 371. The zero-order valence-corrected chi connectivity index (χ0v) is 9.76. The van der Waals surface area contributed by atoms with Crippen molar-refractivity contribution in [2.45, 2.75) is 6.18 Å². The van der Waals surface area contributed by atoms with Gasteiger partial charge in [0.05, 0.1) is 6.54 Å². The Labute approximate surface area is 100 Å². The fourth-order valence-electron chi connectivity index (χ4n) is 1.71. The predicted molar refractivity (Wildman–Crippen MR) is 59.0 cm³/mol. The van der Waals surface area contributed by atoms with Gasteiger partial charge in [0, 0.05) is 26.2 Å². The Morgan fingerprint density at radius 3 is 2.29 bits per heavy atom. The van der Waals surface area contributed by atoms with Crippen LogP contribution in [0.5, 0.6) is 0 Å². The van der Waals surface area contributed by atoms with Crippen molar-refractivity contribution in [3.8, 4) is 0 Å². The van der Waals surface area contributed by atoms with E-state index in [9.17, 15) is 13.2 Å². The summed E-state index contributed by atoms with van der Waals surface area (Å²) in [5.41, 5.74) is 5.45. The lowest BCUT2D eigenvalue weighted by molar-refractivity contribution is -0.146. The molecule has 1 aliphatic rings. The smallest absolute Gasteiger partial charge is 0.374 e. The minimum atomic E-state index is -4.13. The first-order valence-electron chi connectivity index (χ1n) is 5.07. The maximum atomic E-state index is 12.2. The molecule has 5 nitrogen and oxygen atoms in total. The molecule has 2 N–H and O–H groups in total. The van der Waals surface area contributed by atoms with Gasteiger partial charge < -0.3 is 10.6 Å². The van der Waals surface area contributed by atoms with Crippen molar-refractivity contribution in [2.75, 3.05) is 43.4 Å². The number of nitrogens with two attached hydrogens (primary N) is 1. The van der Waals surface area contributed by atoms with Crippen molar-refractivity contribution >= 4 is 21.6 Å². The summed E-state index contributed by atoms with van der Waals surface area (Å²) in [6.07, 6.45) is -4.13. The monoisotopic (exact) mass is 267 g/mol. The van der Waals surface area contributed by atoms with E-state index in [1.807, 2.05) is 4.90 Å². The molecule has 0 amide bonds. The van der Waals surface area contributed by atoms with Gasteiger partial charge in [-0.1, -0.05) is 11.3 Å². The number of hydrogen-bond acceptors (Lipinski definition) is 6. The summed E-state index contributed by atoms with van der Waals surface area (Å²) in [6, 6.07) is 0. The van der Waals surface area contributed by atoms with Gasteiger partial charge in [0.25, 0.3) is 0 Å². The molecule has 2 heterocycles. The van der Waals surface area contributed by atoms with E-state index in [1.165, 1.54) is 16.2 Å². The van der Waals surface area contributed by atoms with Crippen LogP contribution in [0, 0.1) is 0 Å². The van der Waals surface area contributed by atoms with E-state index in [-0.39, 0.29) is 0 Å². The quantitative estimate of drug-likeness (QED) is 0.859. The van der Waals surface area contributed by atoms with Crippen molar-refractivity contribution in [3.63, 3.8) is 0 Å². The van der Waals surface area contributed by atoms with Crippen LogP contribution in [0.15, 0.2) is 0 Å². The van der Waals surface area contributed by atoms with E-state index in [1.54, 1.807) is 0 Å². The second kappa shape index (κ2) is 4.65. The van der Waals surface area contributed by atoms with E-state index >= 15 is 0 Å². The molecule has 1 saturated heterocycles. The lowest BCUT2D eigenvalue weighted by Crippen LogP contribution is -2.49. The van der Waals surface area contributed by atoms with Gasteiger partial charge in [-0.05, 0) is 0 Å². The van der Waals surface area contributed by atoms with E-state index in [2.05, 4.69) is 10.2 Å². The van der Waals surface area contributed by atoms with Gasteiger partial charge in [0.2, 0.25) is 10.3 Å². The zero-order chi connectivity index (χ0) is 12.5. The number of nitrogens with zero attached hydrogens (tertiary/aromatic N) is 4. The molecule has 1 aromatic heterocycles. The molecule has 17 heavy (non-hydrogen) atoms. The van der Waals surface area contributed by atoms with Gasteiger partial charge in [0.15, 0.2) is 0 Å². The van der Waals surface area contributed by atoms with Crippen LogP contribution < -0.4 is 10.6 Å². The van der Waals surface area contributed by atoms with Crippen LogP contribution >= 0.6 is 11.3 Å². The van der Waals surface area contributed by atoms with Crippen molar-refractivity contribution in [3.05, 3.63) is 0 Å². The van der Waals surface area contributed by atoms with Gasteiger partial charge in [-0.25, -0.2) is 0 Å². The lowest BCUT2D eigenvalue weighted by atomic mass is 10.3. The topological polar surface area (TPSA) is 58.3 Å². The highest BCUT2D eigenvalue weighted by atomic mass is 32.1. The number of halogens is 3.